The number of carbonyl (C=O) groups is 10. The highest BCUT2D eigenvalue weighted by atomic mass is 16.6. The Balaban J connectivity index is 7.48. The fourth-order valence-electron chi connectivity index (χ4n) is 10.2. The topological polar surface area (TPSA) is 792 Å². The van der Waals surface area contributed by atoms with E-state index >= 15 is 0 Å². The third kappa shape index (κ3) is 51.9. The first-order valence-electron chi connectivity index (χ1n) is 36.6. The lowest BCUT2D eigenvalue weighted by Crippen LogP contribution is -2.60. The quantitative estimate of drug-likeness (QED) is 0.0153. The second-order valence-electron chi connectivity index (χ2n) is 25.1. The van der Waals surface area contributed by atoms with Crippen molar-refractivity contribution >= 4 is 94.8 Å². The number of aliphatic imine (C=N–C) groups is 6. The molecule has 0 aromatic carbocycles. The van der Waals surface area contributed by atoms with Gasteiger partial charge in [-0.1, -0.05) is 0 Å². The number of nitrogens with one attached hydrogen (secondary N) is 10. The molecule has 0 saturated carbocycles. The van der Waals surface area contributed by atoms with Crippen molar-refractivity contribution in [2.45, 2.75) is 190 Å². The van der Waals surface area contributed by atoms with Crippen LogP contribution in [-0.4, -0.2) is 268 Å². The Morgan fingerprint density at radius 1 is 0.266 bits per heavy atom. The average Bonchev–Trinajstić information content (AvgIpc) is 0.858. The number of guanidine groups is 6. The number of unbranched alkanes of at least 4 members (excludes halogenated alkanes) is 2. The summed E-state index contributed by atoms with van der Waals surface area (Å²) in [6, 6.07) is -12.3. The van der Waals surface area contributed by atoms with Crippen LogP contribution >= 0.6 is 0 Å². The van der Waals surface area contributed by atoms with Crippen LogP contribution in [0.4, 0.5) is 0 Å². The monoisotopic (exact) mass is 1560 g/mol. The number of methoxy groups -OCH3 is 1. The third-order valence-corrected chi connectivity index (χ3v) is 15.7. The van der Waals surface area contributed by atoms with Crippen molar-refractivity contribution in [1.82, 2.24) is 53.2 Å². The second-order valence-corrected chi connectivity index (χ2v) is 25.1. The summed E-state index contributed by atoms with van der Waals surface area (Å²) < 4.78 is 21.4. The molecule has 0 aliphatic carbocycles. The van der Waals surface area contributed by atoms with Gasteiger partial charge in [-0.05, 0) is 148 Å². The van der Waals surface area contributed by atoms with E-state index in [0.29, 0.717) is 52.1 Å². The van der Waals surface area contributed by atoms with Crippen molar-refractivity contribution in [2.75, 3.05) is 119 Å². The lowest BCUT2D eigenvalue weighted by Gasteiger charge is -2.28. The number of nitrogens with two attached hydrogens (primary N) is 15. The van der Waals surface area contributed by atoms with Crippen LogP contribution in [0.15, 0.2) is 30.0 Å². The van der Waals surface area contributed by atoms with E-state index in [1.807, 2.05) is 0 Å². The largest absolute Gasteiger partial charge is 0.382 e. The van der Waals surface area contributed by atoms with E-state index in [4.69, 9.17) is 105 Å². The highest BCUT2D eigenvalue weighted by molar-refractivity contribution is 5.98. The molecule has 0 aliphatic heterocycles. The van der Waals surface area contributed by atoms with Crippen LogP contribution in [0.3, 0.4) is 0 Å². The van der Waals surface area contributed by atoms with Crippen molar-refractivity contribution in [3.8, 4) is 0 Å². The van der Waals surface area contributed by atoms with Gasteiger partial charge in [0.1, 0.15) is 54.4 Å². The Bertz CT molecular complexity index is 2850. The van der Waals surface area contributed by atoms with Gasteiger partial charge >= 0.3 is 0 Å². The Morgan fingerprint density at radius 3 is 0.688 bits per heavy atom. The maximum atomic E-state index is 14.8. The molecule has 0 aliphatic rings. The molecule has 0 aromatic rings. The zero-order valence-corrected chi connectivity index (χ0v) is 63.4. The molecule has 9 atom stereocenters. The number of hydrogen-bond donors (Lipinski definition) is 25. The number of carbonyl (C=O) groups excluding carboxylic acids is 10. The van der Waals surface area contributed by atoms with Gasteiger partial charge in [-0.3, -0.25) is 77.9 Å². The number of hydrogen-bond acceptors (Lipinski definition) is 23. The standard InChI is InChI=1S/C64H129N31O14/c1-40(96)87-42(18-9-27-82-60(70)71)51(98)89-43(14-3-5-23-65)52(99)90-44(15-4-6-24-66)53(100)92-48(21-12-30-85-63(76)77)57(104)95-47(20-11-29-84-62(74)75)56(103)91-45(16-7-25-67)54(101)93-49(22-13-31-86-64(78)79)58(105)94-46(19-10-28-83-61(72)73)55(102)88-41(17-8-26-81-59(68)69)50(97)80-32-33-107-36-37-109-39-38-108-35-34-106-2/h41-49H,3-39,65-67H2,1-2H3,(H,80,97)(H,87,96)(H,88,102)(H,89,98)(H,90,99)(H,91,103)(H,92,100)(H,93,101)(H,94,105)(H,95,104)(H4,68,69,81)(H4,70,71,82)(H4,72,73,83)(H4,74,75,84)(H4,76,77,85)(H4,78,79,86)/t41?,42?,43-,44?,45-,46-,47?,48-,49?/m1/s1. The Kier molecular flexibility index (Phi) is 56.3. The fourth-order valence-corrected chi connectivity index (χ4v) is 10.2. The smallest absolute Gasteiger partial charge is 0.243 e. The van der Waals surface area contributed by atoms with Gasteiger partial charge in [0, 0.05) is 59.8 Å². The minimum atomic E-state index is -1.51. The van der Waals surface area contributed by atoms with E-state index in [0.717, 1.165) is 0 Å². The van der Waals surface area contributed by atoms with Crippen LogP contribution in [0, 0.1) is 0 Å². The molecule has 0 radical (unpaired) electrons. The Morgan fingerprint density at radius 2 is 0.468 bits per heavy atom. The molecule has 0 rings (SSSR count). The summed E-state index contributed by atoms with van der Waals surface area (Å²) in [4.78, 5) is 166. The molecule has 109 heavy (non-hydrogen) atoms. The average molecular weight is 1560 g/mol. The predicted molar refractivity (Wildman–Crippen MR) is 414 cm³/mol. The van der Waals surface area contributed by atoms with Crippen molar-refractivity contribution in [3.63, 3.8) is 0 Å². The molecule has 0 bridgehead atoms. The Labute approximate surface area is 637 Å². The van der Waals surface area contributed by atoms with Crippen LogP contribution < -0.4 is 139 Å². The SMILES string of the molecule is COCCOCCOCCOCCNC(=O)C(CCCN=C(N)N)NC(=O)[C@@H](CCCN=C(N)N)NC(=O)C(CCCN=C(N)N)NC(=O)[C@@H](CCCN)NC(=O)C(CCCN=C(N)N)NC(=O)[C@@H](CCCN=C(N)N)NC(=O)C(CCCCN)NC(=O)[C@@H](CCCCN)NC(=O)C(CCCN=C(N)N)NC(C)=O. The van der Waals surface area contributed by atoms with Gasteiger partial charge in [0.25, 0.3) is 0 Å². The molecule has 0 heterocycles. The number of ether oxygens (including phenoxy) is 4. The zero-order chi connectivity index (χ0) is 81.7. The van der Waals surface area contributed by atoms with Gasteiger partial charge in [-0.2, -0.15) is 0 Å². The minimum Gasteiger partial charge on any atom is -0.382 e. The lowest BCUT2D eigenvalue weighted by atomic mass is 10.0. The van der Waals surface area contributed by atoms with Crippen LogP contribution in [0.2, 0.25) is 0 Å². The number of rotatable bonds is 65. The highest BCUT2D eigenvalue weighted by Gasteiger charge is 2.36. The third-order valence-electron chi connectivity index (χ3n) is 15.7. The van der Waals surface area contributed by atoms with E-state index in [1.54, 1.807) is 7.11 Å². The molecular formula is C64H129N31O14. The van der Waals surface area contributed by atoms with Crippen molar-refractivity contribution < 1.29 is 66.9 Å². The first kappa shape index (κ1) is 99.0. The van der Waals surface area contributed by atoms with Gasteiger partial charge in [0.05, 0.1) is 46.2 Å². The molecule has 10 amide bonds. The highest BCUT2D eigenvalue weighted by Crippen LogP contribution is 2.13. The lowest BCUT2D eigenvalue weighted by molar-refractivity contribution is -0.136. The van der Waals surface area contributed by atoms with Gasteiger partial charge < -0.3 is 158 Å². The van der Waals surface area contributed by atoms with E-state index < -0.39 is 113 Å². The molecule has 0 spiro atoms. The molecule has 624 valence electrons. The molecule has 45 nitrogen and oxygen atoms in total. The zero-order valence-electron chi connectivity index (χ0n) is 63.4. The summed E-state index contributed by atoms with van der Waals surface area (Å²) >= 11 is 0. The van der Waals surface area contributed by atoms with Crippen molar-refractivity contribution in [1.29, 1.82) is 0 Å². The van der Waals surface area contributed by atoms with Gasteiger partial charge in [-0.25, -0.2) is 0 Å². The van der Waals surface area contributed by atoms with E-state index in [2.05, 4.69) is 83.1 Å². The van der Waals surface area contributed by atoms with Crippen LogP contribution in [-0.2, 0) is 66.9 Å². The first-order valence-corrected chi connectivity index (χ1v) is 36.6. The summed E-state index contributed by atoms with van der Waals surface area (Å²) in [7, 11) is 1.57. The van der Waals surface area contributed by atoms with Gasteiger partial charge in [-0.15, -0.1) is 0 Å². The summed E-state index contributed by atoms with van der Waals surface area (Å²) in [5, 5.41) is 27.0. The van der Waals surface area contributed by atoms with Crippen LogP contribution in [0.25, 0.3) is 0 Å². The van der Waals surface area contributed by atoms with Crippen LogP contribution in [0.5, 0.6) is 0 Å². The van der Waals surface area contributed by atoms with E-state index in [9.17, 15) is 47.9 Å². The maximum absolute atomic E-state index is 14.8. The minimum absolute atomic E-state index is 0.00847. The summed E-state index contributed by atoms with van der Waals surface area (Å²) in [6.45, 7) is 4.01. The van der Waals surface area contributed by atoms with Gasteiger partial charge in [0.15, 0.2) is 35.8 Å². The molecule has 0 aromatic heterocycles. The van der Waals surface area contributed by atoms with E-state index in [-0.39, 0.29) is 224 Å². The maximum Gasteiger partial charge on any atom is 0.243 e. The Hall–Kier alpha value is -9.96. The summed E-state index contributed by atoms with van der Waals surface area (Å²) in [6.07, 6.45) is 1.91. The van der Waals surface area contributed by atoms with E-state index in [1.165, 1.54) is 6.92 Å². The molecule has 0 fully saturated rings. The number of amides is 10. The predicted octanol–water partition coefficient (Wildman–Crippen LogP) is -10.5. The van der Waals surface area contributed by atoms with Crippen LogP contribution in [0.1, 0.15) is 135 Å². The number of nitrogens with zero attached hydrogens (tertiary/aromatic N) is 6. The molecule has 40 N–H and O–H groups in total. The first-order chi connectivity index (χ1) is 52.0. The van der Waals surface area contributed by atoms with Gasteiger partial charge in [0.2, 0.25) is 59.1 Å². The second kappa shape index (κ2) is 62.0. The summed E-state index contributed by atoms with van der Waals surface area (Å²) in [5.74, 6) is -9.38. The van der Waals surface area contributed by atoms with Crippen molar-refractivity contribution in [2.24, 2.45) is 116 Å². The molecular weight excluding hydrogens is 1430 g/mol. The molecule has 45 heteroatoms. The van der Waals surface area contributed by atoms with Crippen molar-refractivity contribution in [3.05, 3.63) is 0 Å². The molecule has 0 saturated heterocycles. The summed E-state index contributed by atoms with van der Waals surface area (Å²) in [5.41, 5.74) is 84.6. The normalized spacial score (nSPS) is 13.3. The molecule has 5 unspecified atom stereocenters. The fraction of sp³-hybridized carbons (Fsp3) is 0.750.